The molecule has 198 valence electrons. The Bertz CT molecular complexity index is 1050. The lowest BCUT2D eigenvalue weighted by atomic mass is 10.1. The van der Waals surface area contributed by atoms with Crippen LogP contribution in [0.2, 0.25) is 5.04 Å². The molecule has 2 atom stereocenters. The smallest absolute Gasteiger partial charge is 0.261 e. The number of benzene rings is 3. The summed E-state index contributed by atoms with van der Waals surface area (Å²) in [4.78, 5) is 0. The molecule has 4 nitrogen and oxygen atoms in total. The summed E-state index contributed by atoms with van der Waals surface area (Å²) in [6, 6.07) is 29.3. The fourth-order valence-electron chi connectivity index (χ4n) is 4.87. The lowest BCUT2D eigenvalue weighted by molar-refractivity contribution is -0.0818. The van der Waals surface area contributed by atoms with Crippen LogP contribution in [0.25, 0.3) is 0 Å². The number of hydrogen-bond donors (Lipinski definition) is 0. The molecule has 0 heterocycles. The Morgan fingerprint density at radius 3 is 1.78 bits per heavy atom. The number of rotatable bonds is 13. The van der Waals surface area contributed by atoms with Gasteiger partial charge in [-0.15, -0.1) is 6.58 Å². The molecule has 0 aliphatic heterocycles. The van der Waals surface area contributed by atoms with Crippen LogP contribution in [0.1, 0.15) is 39.7 Å². The highest BCUT2D eigenvalue weighted by Gasteiger charge is 2.50. The molecular weight excluding hydrogens is 476 g/mol. The van der Waals surface area contributed by atoms with E-state index in [2.05, 4.69) is 88.0 Å². The minimum absolute atomic E-state index is 0.118. The van der Waals surface area contributed by atoms with Crippen molar-refractivity contribution in [3.8, 4) is 5.75 Å². The van der Waals surface area contributed by atoms with Crippen molar-refractivity contribution < 1.29 is 18.6 Å². The van der Waals surface area contributed by atoms with E-state index in [1.165, 1.54) is 10.4 Å². The van der Waals surface area contributed by atoms with Crippen molar-refractivity contribution >= 4 is 18.7 Å². The van der Waals surface area contributed by atoms with Gasteiger partial charge >= 0.3 is 0 Å². The van der Waals surface area contributed by atoms with Gasteiger partial charge in [-0.25, -0.2) is 0 Å². The highest BCUT2D eigenvalue weighted by Crippen LogP contribution is 2.37. The van der Waals surface area contributed by atoms with Crippen molar-refractivity contribution in [2.75, 3.05) is 20.8 Å². The molecule has 0 fully saturated rings. The predicted octanol–water partition coefficient (Wildman–Crippen LogP) is 6.14. The molecule has 0 bridgehead atoms. The van der Waals surface area contributed by atoms with Gasteiger partial charge in [0, 0.05) is 7.11 Å². The summed E-state index contributed by atoms with van der Waals surface area (Å²) < 4.78 is 25.0. The first-order valence-electron chi connectivity index (χ1n) is 12.9. The van der Waals surface area contributed by atoms with Crippen LogP contribution in [-0.4, -0.2) is 41.4 Å². The minimum Gasteiger partial charge on any atom is -0.497 e. The minimum atomic E-state index is -2.71. The van der Waals surface area contributed by atoms with E-state index in [4.69, 9.17) is 18.6 Å². The Labute approximate surface area is 224 Å². The third-order valence-electron chi connectivity index (χ3n) is 6.77. The molecule has 5 heteroatoms. The van der Waals surface area contributed by atoms with Gasteiger partial charge in [0.2, 0.25) is 0 Å². The number of methoxy groups -OCH3 is 2. The zero-order valence-corrected chi connectivity index (χ0v) is 24.2. The Morgan fingerprint density at radius 1 is 0.811 bits per heavy atom. The maximum absolute atomic E-state index is 7.20. The van der Waals surface area contributed by atoms with Gasteiger partial charge in [-0.1, -0.05) is 99.1 Å². The van der Waals surface area contributed by atoms with Gasteiger partial charge in [0.25, 0.3) is 8.32 Å². The largest absolute Gasteiger partial charge is 0.497 e. The average molecular weight is 519 g/mol. The van der Waals surface area contributed by atoms with Crippen LogP contribution in [-0.2, 0) is 20.5 Å². The maximum atomic E-state index is 7.20. The summed E-state index contributed by atoms with van der Waals surface area (Å²) in [5, 5.41) is 2.38. The Balaban J connectivity index is 1.97. The van der Waals surface area contributed by atoms with Gasteiger partial charge in [0.1, 0.15) is 11.9 Å². The van der Waals surface area contributed by atoms with Gasteiger partial charge in [-0.05, 0) is 46.5 Å². The summed E-state index contributed by atoms with van der Waals surface area (Å²) in [6.45, 7) is 13.9. The molecule has 0 saturated carbocycles. The quantitative estimate of drug-likeness (QED) is 0.201. The van der Waals surface area contributed by atoms with Gasteiger partial charge in [0.15, 0.2) is 0 Å². The van der Waals surface area contributed by atoms with Crippen molar-refractivity contribution in [2.24, 2.45) is 0 Å². The van der Waals surface area contributed by atoms with Gasteiger partial charge in [0.05, 0.1) is 26.4 Å². The van der Waals surface area contributed by atoms with E-state index in [1.54, 1.807) is 14.2 Å². The summed E-state index contributed by atoms with van der Waals surface area (Å²) in [5.74, 6) is 0.826. The van der Waals surface area contributed by atoms with Crippen LogP contribution < -0.4 is 15.1 Å². The van der Waals surface area contributed by atoms with Crippen molar-refractivity contribution in [1.29, 1.82) is 0 Å². The Kier molecular flexibility index (Phi) is 10.3. The lowest BCUT2D eigenvalue weighted by Crippen LogP contribution is -2.67. The number of hydrogen-bond acceptors (Lipinski definition) is 4. The van der Waals surface area contributed by atoms with E-state index in [0.29, 0.717) is 19.6 Å². The predicted molar refractivity (Wildman–Crippen MR) is 155 cm³/mol. The average Bonchev–Trinajstić information content (AvgIpc) is 2.90. The van der Waals surface area contributed by atoms with E-state index in [0.717, 1.165) is 16.9 Å². The molecule has 3 aromatic carbocycles. The fourth-order valence-corrected chi connectivity index (χ4v) is 9.44. The van der Waals surface area contributed by atoms with Crippen molar-refractivity contribution in [1.82, 2.24) is 0 Å². The third kappa shape index (κ3) is 7.20. The maximum Gasteiger partial charge on any atom is 0.261 e. The molecule has 0 amide bonds. The third-order valence-corrected chi connectivity index (χ3v) is 11.8. The topological polar surface area (TPSA) is 36.9 Å². The molecule has 0 aliphatic carbocycles. The zero-order valence-electron chi connectivity index (χ0n) is 23.2. The van der Waals surface area contributed by atoms with E-state index in [9.17, 15) is 0 Å². The van der Waals surface area contributed by atoms with Crippen molar-refractivity contribution in [3.63, 3.8) is 0 Å². The highest BCUT2D eigenvalue weighted by atomic mass is 28.4. The van der Waals surface area contributed by atoms with Crippen LogP contribution in [0.4, 0.5) is 0 Å². The SMILES string of the molecule is C=C(C)C[C@H](OC)[C@@H](CO[Si](c1ccccc1)(c1ccccc1)C(C)(C)C)OCc1ccc(OC)cc1. The standard InChI is InChI=1S/C32H42O4Si/c1-25(2)22-30(34-7)31(35-23-26-18-20-27(33-6)21-19-26)24-36-37(32(3,4)5,28-14-10-8-11-15-28)29-16-12-9-13-17-29/h8-21,30-31H,1,22-24H2,2-7H3/t30-,31+/m0/s1. The summed E-state index contributed by atoms with van der Waals surface area (Å²) >= 11 is 0. The molecule has 0 radical (unpaired) electrons. The Morgan fingerprint density at radius 2 is 1.35 bits per heavy atom. The summed E-state index contributed by atoms with van der Waals surface area (Å²) in [5.41, 5.74) is 2.12. The molecule has 3 aromatic rings. The van der Waals surface area contributed by atoms with Crippen LogP contribution in [0.5, 0.6) is 5.75 Å². The van der Waals surface area contributed by atoms with Gasteiger partial charge in [-0.2, -0.15) is 0 Å². The summed E-state index contributed by atoms with van der Waals surface area (Å²) in [7, 11) is 0.702. The van der Waals surface area contributed by atoms with E-state index < -0.39 is 8.32 Å². The van der Waals surface area contributed by atoms with Gasteiger partial charge < -0.3 is 18.6 Å². The van der Waals surface area contributed by atoms with Crippen molar-refractivity contribution in [2.45, 2.75) is 58.0 Å². The molecule has 0 unspecified atom stereocenters. The molecule has 0 aromatic heterocycles. The second-order valence-corrected chi connectivity index (χ2v) is 14.9. The van der Waals surface area contributed by atoms with Crippen LogP contribution >= 0.6 is 0 Å². The molecule has 3 rings (SSSR count). The molecule has 37 heavy (non-hydrogen) atoms. The van der Waals surface area contributed by atoms with Crippen LogP contribution in [0, 0.1) is 0 Å². The first kappa shape index (κ1) is 28.9. The summed E-state index contributed by atoms with van der Waals surface area (Å²) in [6.07, 6.45) is 0.257. The second kappa shape index (κ2) is 13.2. The van der Waals surface area contributed by atoms with E-state index in [-0.39, 0.29) is 17.2 Å². The number of ether oxygens (including phenoxy) is 3. The molecule has 0 aliphatic rings. The van der Waals surface area contributed by atoms with E-state index >= 15 is 0 Å². The van der Waals surface area contributed by atoms with Crippen LogP contribution in [0.15, 0.2) is 97.1 Å². The molecule has 0 spiro atoms. The first-order valence-corrected chi connectivity index (χ1v) is 14.8. The Hall–Kier alpha value is -2.70. The molecule has 0 N–H and O–H groups in total. The molecule has 0 saturated heterocycles. The van der Waals surface area contributed by atoms with E-state index in [1.807, 2.05) is 31.2 Å². The first-order chi connectivity index (χ1) is 17.7. The fraction of sp³-hybridized carbons (Fsp3) is 0.375. The zero-order chi connectivity index (χ0) is 26.9. The molecular formula is C32H42O4Si. The van der Waals surface area contributed by atoms with Crippen molar-refractivity contribution in [3.05, 3.63) is 103 Å². The highest BCUT2D eigenvalue weighted by molar-refractivity contribution is 6.99. The monoisotopic (exact) mass is 518 g/mol. The second-order valence-electron chi connectivity index (χ2n) is 10.6. The van der Waals surface area contributed by atoms with Gasteiger partial charge in [-0.3, -0.25) is 0 Å². The normalized spacial score (nSPS) is 13.7. The van der Waals surface area contributed by atoms with Crippen LogP contribution in [0.3, 0.4) is 0 Å². The lowest BCUT2D eigenvalue weighted by Gasteiger charge is -2.44.